The first kappa shape index (κ1) is 13.7. The molecule has 3 rings (SSSR count). The third-order valence-corrected chi connectivity index (χ3v) is 4.31. The number of piperazine rings is 1. The number of aryl methyl sites for hydroxylation is 1. The van der Waals surface area contributed by atoms with Gasteiger partial charge in [-0.2, -0.15) is 5.26 Å². The molecule has 2 atom stereocenters. The van der Waals surface area contributed by atoms with Gasteiger partial charge >= 0.3 is 0 Å². The van der Waals surface area contributed by atoms with Crippen molar-refractivity contribution in [3.8, 4) is 6.07 Å². The summed E-state index contributed by atoms with van der Waals surface area (Å²) < 4.78 is 5.23. The lowest BCUT2D eigenvalue weighted by Gasteiger charge is -2.43. The van der Waals surface area contributed by atoms with Crippen molar-refractivity contribution in [2.45, 2.75) is 44.7 Å². The third-order valence-electron chi connectivity index (χ3n) is 4.31. The Morgan fingerprint density at radius 1 is 1.48 bits per heavy atom. The maximum Gasteiger partial charge on any atom is 0.258 e. The van der Waals surface area contributed by atoms with Crippen molar-refractivity contribution in [3.63, 3.8) is 0 Å². The fourth-order valence-corrected chi connectivity index (χ4v) is 3.30. The number of carbonyl (C=O) groups excluding carboxylic acids is 2. The van der Waals surface area contributed by atoms with Crippen molar-refractivity contribution < 1.29 is 14.0 Å². The SMILES string of the molecule is Cc1oc(C#N)cc1C(=O)N1CC(=O)NC2CCCCC21. The molecule has 1 N–H and O–H groups in total. The van der Waals surface area contributed by atoms with Crippen LogP contribution in [0.4, 0.5) is 0 Å². The fraction of sp³-hybridized carbons (Fsp3) is 0.533. The Balaban J connectivity index is 1.89. The number of nitrogens with zero attached hydrogens (tertiary/aromatic N) is 2. The van der Waals surface area contributed by atoms with Gasteiger partial charge in [0.15, 0.2) is 0 Å². The number of nitriles is 1. The van der Waals surface area contributed by atoms with E-state index in [4.69, 9.17) is 9.68 Å². The first-order valence-electron chi connectivity index (χ1n) is 7.21. The van der Waals surface area contributed by atoms with Crippen LogP contribution in [0.3, 0.4) is 0 Å². The van der Waals surface area contributed by atoms with E-state index in [1.165, 1.54) is 6.07 Å². The molecule has 2 fully saturated rings. The molecule has 1 aliphatic carbocycles. The second-order valence-corrected chi connectivity index (χ2v) is 5.65. The molecule has 1 aromatic rings. The number of rotatable bonds is 1. The minimum absolute atomic E-state index is 0.0452. The van der Waals surface area contributed by atoms with Gasteiger partial charge in [0.25, 0.3) is 5.91 Å². The summed E-state index contributed by atoms with van der Waals surface area (Å²) in [7, 11) is 0. The molecule has 2 amide bonds. The highest BCUT2D eigenvalue weighted by molar-refractivity contribution is 5.98. The lowest BCUT2D eigenvalue weighted by Crippen LogP contribution is -2.62. The zero-order valence-corrected chi connectivity index (χ0v) is 11.9. The van der Waals surface area contributed by atoms with E-state index < -0.39 is 0 Å². The summed E-state index contributed by atoms with van der Waals surface area (Å²) in [6.07, 6.45) is 3.95. The molecule has 1 aliphatic heterocycles. The number of fused-ring (bicyclic) bond motifs is 1. The summed E-state index contributed by atoms with van der Waals surface area (Å²) >= 11 is 0. The molecule has 2 heterocycles. The zero-order chi connectivity index (χ0) is 15.0. The summed E-state index contributed by atoms with van der Waals surface area (Å²) in [6, 6.07) is 3.45. The van der Waals surface area contributed by atoms with E-state index >= 15 is 0 Å². The van der Waals surface area contributed by atoms with Crippen LogP contribution in [0.2, 0.25) is 0 Å². The van der Waals surface area contributed by atoms with Gasteiger partial charge in [-0.25, -0.2) is 0 Å². The minimum Gasteiger partial charge on any atom is -0.450 e. The third kappa shape index (κ3) is 2.40. The predicted molar refractivity (Wildman–Crippen MR) is 73.4 cm³/mol. The lowest BCUT2D eigenvalue weighted by molar-refractivity contribution is -0.127. The van der Waals surface area contributed by atoms with E-state index in [0.29, 0.717) is 11.3 Å². The van der Waals surface area contributed by atoms with Crippen LogP contribution < -0.4 is 5.32 Å². The van der Waals surface area contributed by atoms with Gasteiger partial charge in [0, 0.05) is 12.1 Å². The first-order chi connectivity index (χ1) is 10.1. The van der Waals surface area contributed by atoms with E-state index in [0.717, 1.165) is 25.7 Å². The van der Waals surface area contributed by atoms with Crippen molar-refractivity contribution in [1.29, 1.82) is 5.26 Å². The number of amides is 2. The van der Waals surface area contributed by atoms with Gasteiger partial charge in [-0.15, -0.1) is 0 Å². The molecule has 21 heavy (non-hydrogen) atoms. The Labute approximate surface area is 122 Å². The van der Waals surface area contributed by atoms with Gasteiger partial charge in [-0.05, 0) is 19.8 Å². The Bertz CT molecular complexity index is 629. The quantitative estimate of drug-likeness (QED) is 0.844. The van der Waals surface area contributed by atoms with E-state index in [1.54, 1.807) is 11.8 Å². The van der Waals surface area contributed by atoms with Gasteiger partial charge in [0.2, 0.25) is 11.7 Å². The van der Waals surface area contributed by atoms with Gasteiger partial charge in [-0.3, -0.25) is 9.59 Å². The number of hydrogen-bond acceptors (Lipinski definition) is 4. The van der Waals surface area contributed by atoms with E-state index in [9.17, 15) is 9.59 Å². The maximum atomic E-state index is 12.7. The number of furan rings is 1. The largest absolute Gasteiger partial charge is 0.450 e. The molecular formula is C15H17N3O3. The van der Waals surface area contributed by atoms with Crippen LogP contribution in [0.5, 0.6) is 0 Å². The van der Waals surface area contributed by atoms with Crippen LogP contribution in [-0.4, -0.2) is 35.3 Å². The molecule has 2 unspecified atom stereocenters. The predicted octanol–water partition coefficient (Wildman–Crippen LogP) is 1.34. The summed E-state index contributed by atoms with van der Waals surface area (Å²) in [6.45, 7) is 1.74. The normalized spacial score (nSPS) is 25.0. The van der Waals surface area contributed by atoms with Crippen LogP contribution in [0.15, 0.2) is 10.5 Å². The summed E-state index contributed by atoms with van der Waals surface area (Å²) in [5, 5.41) is 11.8. The minimum atomic E-state index is -0.218. The molecule has 110 valence electrons. The molecule has 0 bridgehead atoms. The highest BCUT2D eigenvalue weighted by Gasteiger charge is 2.39. The van der Waals surface area contributed by atoms with Crippen molar-refractivity contribution in [3.05, 3.63) is 23.2 Å². The fourth-order valence-electron chi connectivity index (χ4n) is 3.30. The van der Waals surface area contributed by atoms with Gasteiger partial charge in [-0.1, -0.05) is 12.8 Å². The van der Waals surface area contributed by atoms with Gasteiger partial charge in [0.1, 0.15) is 18.4 Å². The Morgan fingerprint density at radius 2 is 2.24 bits per heavy atom. The smallest absolute Gasteiger partial charge is 0.258 e. The molecule has 2 aliphatic rings. The lowest BCUT2D eigenvalue weighted by atomic mass is 9.87. The topological polar surface area (TPSA) is 86.3 Å². The molecule has 0 spiro atoms. The molecule has 0 aromatic carbocycles. The molecule has 6 nitrogen and oxygen atoms in total. The molecule has 6 heteroatoms. The average Bonchev–Trinajstić information content (AvgIpc) is 2.86. The van der Waals surface area contributed by atoms with Crippen molar-refractivity contribution in [1.82, 2.24) is 10.2 Å². The Morgan fingerprint density at radius 3 is 2.95 bits per heavy atom. The average molecular weight is 287 g/mol. The van der Waals surface area contributed by atoms with E-state index in [2.05, 4.69) is 5.32 Å². The molecule has 1 saturated heterocycles. The van der Waals surface area contributed by atoms with Crippen LogP contribution in [-0.2, 0) is 4.79 Å². The maximum absolute atomic E-state index is 12.7. The number of hydrogen-bond donors (Lipinski definition) is 1. The summed E-state index contributed by atoms with van der Waals surface area (Å²) in [4.78, 5) is 26.2. The highest BCUT2D eigenvalue weighted by atomic mass is 16.3. The van der Waals surface area contributed by atoms with Gasteiger partial charge in [0.05, 0.1) is 11.6 Å². The second-order valence-electron chi connectivity index (χ2n) is 5.65. The standard InChI is InChI=1S/C15H17N3O3/c1-9-11(6-10(7-16)21-9)15(20)18-8-14(19)17-12-4-2-3-5-13(12)18/h6,12-13H,2-5,8H2,1H3,(H,17,19). The number of carbonyl (C=O) groups is 2. The highest BCUT2D eigenvalue weighted by Crippen LogP contribution is 2.28. The van der Waals surface area contributed by atoms with Crippen LogP contribution in [0.25, 0.3) is 0 Å². The van der Waals surface area contributed by atoms with Crippen molar-refractivity contribution in [2.24, 2.45) is 0 Å². The summed E-state index contributed by atoms with van der Waals surface area (Å²) in [5.74, 6) is 0.213. The van der Waals surface area contributed by atoms with E-state index in [1.807, 2.05) is 6.07 Å². The second kappa shape index (κ2) is 5.24. The van der Waals surface area contributed by atoms with Crippen molar-refractivity contribution in [2.75, 3.05) is 6.54 Å². The Kier molecular flexibility index (Phi) is 3.42. The molecule has 1 saturated carbocycles. The Hall–Kier alpha value is -2.29. The zero-order valence-electron chi connectivity index (χ0n) is 11.9. The first-order valence-corrected chi connectivity index (χ1v) is 7.21. The molecule has 0 radical (unpaired) electrons. The van der Waals surface area contributed by atoms with Gasteiger partial charge < -0.3 is 14.6 Å². The molecule has 1 aromatic heterocycles. The summed E-state index contributed by atoms with van der Waals surface area (Å²) in [5.41, 5.74) is 0.380. The van der Waals surface area contributed by atoms with Crippen LogP contribution in [0, 0.1) is 18.3 Å². The van der Waals surface area contributed by atoms with E-state index in [-0.39, 0.29) is 36.2 Å². The molecular weight excluding hydrogens is 270 g/mol. The van der Waals surface area contributed by atoms with Crippen LogP contribution in [0.1, 0.15) is 47.6 Å². The van der Waals surface area contributed by atoms with Crippen LogP contribution >= 0.6 is 0 Å². The number of nitrogens with one attached hydrogen (secondary N) is 1. The monoisotopic (exact) mass is 287 g/mol. The van der Waals surface area contributed by atoms with Crippen molar-refractivity contribution >= 4 is 11.8 Å².